The molecule has 4 N–H and O–H groups in total. The summed E-state index contributed by atoms with van der Waals surface area (Å²) in [5.74, 6) is -0.469. The predicted molar refractivity (Wildman–Crippen MR) is 332 cm³/mol. The highest BCUT2D eigenvalue weighted by molar-refractivity contribution is 7.13. The van der Waals surface area contributed by atoms with Crippen LogP contribution in [0.1, 0.15) is 97.4 Å². The van der Waals surface area contributed by atoms with Gasteiger partial charge < -0.3 is 68.6 Å². The van der Waals surface area contributed by atoms with E-state index >= 15 is 0 Å². The van der Waals surface area contributed by atoms with Crippen LogP contribution < -0.4 is 31.1 Å². The molecule has 4 heterocycles. The number of nitrogens with one attached hydrogen (secondary N) is 4. The van der Waals surface area contributed by atoms with Gasteiger partial charge in [0.1, 0.15) is 31.0 Å². The Morgan fingerprint density at radius 1 is 0.744 bits per heavy atom. The van der Waals surface area contributed by atoms with E-state index in [4.69, 9.17) is 37.9 Å². The molecule has 2 atom stereocenters. The summed E-state index contributed by atoms with van der Waals surface area (Å²) in [6.07, 6.45) is 3.06. The van der Waals surface area contributed by atoms with Gasteiger partial charge in [-0.3, -0.25) is 24.0 Å². The minimum Gasteiger partial charge on any atom is -0.491 e. The van der Waals surface area contributed by atoms with Crippen LogP contribution in [0.15, 0.2) is 77.0 Å². The fraction of sp³-hybridized carbons (Fsp3) is 0.538. The average Bonchev–Trinajstić information content (AvgIpc) is 1.44. The van der Waals surface area contributed by atoms with Crippen molar-refractivity contribution in [1.29, 1.82) is 0 Å². The average molecular weight is 1210 g/mol. The number of amides is 4. The van der Waals surface area contributed by atoms with Crippen molar-refractivity contribution in [2.45, 2.75) is 112 Å². The van der Waals surface area contributed by atoms with Gasteiger partial charge >= 0.3 is 0 Å². The molecule has 21 heteroatoms. The molecule has 0 aliphatic carbocycles. The molecule has 1 unspecified atom stereocenters. The number of H-pyrrole nitrogens is 1. The number of carbonyl (C=O) groups is 4. The van der Waals surface area contributed by atoms with Gasteiger partial charge in [-0.1, -0.05) is 57.2 Å². The van der Waals surface area contributed by atoms with Crippen LogP contribution >= 0.6 is 11.3 Å². The standard InChI is InChI=1S/C65H89N7O13S/c1-9-71(52-20-23-78-24-21-52)57-39-51(38-54(46(57)4)61(74)67-41-55-44(2)37-45(3)69-62(55)75)49-16-18-53(19-17-49)85-36-35-83-32-31-81-28-27-79-25-26-80-29-30-82-33-34-84-42-58(73)70-60(65(6,7)8)64(77)72-22-10-11-56(72)63(76)66-40-48-12-14-50(15-13-48)59-47(5)68-43-86-59/h12-19,37-39,43,52,56,60H,9-11,20-36,40-42H2,1-8H3,(H,66,76)(H,67,74)(H,69,75)(H,70,73)/t56-,60?/m0/s1. The highest BCUT2D eigenvalue weighted by Crippen LogP contribution is 2.35. The van der Waals surface area contributed by atoms with Crippen molar-refractivity contribution in [2.24, 2.45) is 5.41 Å². The van der Waals surface area contributed by atoms with Crippen molar-refractivity contribution < 1.29 is 57.1 Å². The number of rotatable bonds is 34. The summed E-state index contributed by atoms with van der Waals surface area (Å²) in [6.45, 7) is 22.7. The van der Waals surface area contributed by atoms with Gasteiger partial charge in [-0.05, 0) is 129 Å². The molecule has 86 heavy (non-hydrogen) atoms. The first-order valence-electron chi connectivity index (χ1n) is 30.1. The fourth-order valence-electron chi connectivity index (χ4n) is 10.6. The second kappa shape index (κ2) is 34.1. The predicted octanol–water partition coefficient (Wildman–Crippen LogP) is 7.65. The maximum absolute atomic E-state index is 13.9. The van der Waals surface area contributed by atoms with E-state index in [1.165, 1.54) is 0 Å². The topological polar surface area (TPSA) is 230 Å². The van der Waals surface area contributed by atoms with Crippen LogP contribution in [-0.2, 0) is 60.6 Å². The number of ether oxygens (including phenoxy) is 8. The zero-order valence-corrected chi connectivity index (χ0v) is 52.3. The summed E-state index contributed by atoms with van der Waals surface area (Å²) in [5, 5.41) is 8.90. The number of thiazole rings is 1. The van der Waals surface area contributed by atoms with Crippen LogP contribution in [0.3, 0.4) is 0 Å². The molecule has 5 aromatic rings. The minimum absolute atomic E-state index is 0.118. The molecule has 2 aliphatic heterocycles. The van der Waals surface area contributed by atoms with Gasteiger partial charge in [0.25, 0.3) is 11.5 Å². The number of carbonyl (C=O) groups excluding carboxylic acids is 4. The summed E-state index contributed by atoms with van der Waals surface area (Å²) < 4.78 is 45.4. The van der Waals surface area contributed by atoms with E-state index < -0.39 is 23.4 Å². The molecule has 0 spiro atoms. The minimum atomic E-state index is -0.850. The Morgan fingerprint density at radius 3 is 1.93 bits per heavy atom. The number of hydrogen-bond donors (Lipinski definition) is 4. The molecule has 468 valence electrons. The van der Waals surface area contributed by atoms with Crippen LogP contribution in [-0.4, -0.2) is 169 Å². The number of aromatic amines is 1. The van der Waals surface area contributed by atoms with Gasteiger partial charge in [0.15, 0.2) is 0 Å². The number of aryl methyl sites for hydroxylation is 3. The number of likely N-dealkylation sites (tertiary alicyclic amines) is 1. The summed E-state index contributed by atoms with van der Waals surface area (Å²) in [6, 6.07) is 20.7. The Labute approximate surface area is 510 Å². The molecule has 4 amide bonds. The number of hydrogen-bond acceptors (Lipinski definition) is 16. The maximum Gasteiger partial charge on any atom is 0.253 e. The molecular weight excluding hydrogens is 1120 g/mol. The van der Waals surface area contributed by atoms with Crippen molar-refractivity contribution in [3.8, 4) is 27.3 Å². The normalized spacial score (nSPS) is 14.9. The number of nitrogens with zero attached hydrogens (tertiary/aromatic N) is 3. The van der Waals surface area contributed by atoms with Gasteiger partial charge in [-0.25, -0.2) is 4.98 Å². The zero-order chi connectivity index (χ0) is 61.4. The number of benzene rings is 3. The van der Waals surface area contributed by atoms with Crippen molar-refractivity contribution in [1.82, 2.24) is 30.8 Å². The highest BCUT2D eigenvalue weighted by Gasteiger charge is 2.42. The van der Waals surface area contributed by atoms with Crippen LogP contribution in [0.5, 0.6) is 5.75 Å². The lowest BCUT2D eigenvalue weighted by molar-refractivity contribution is -0.144. The third-order valence-electron chi connectivity index (χ3n) is 15.3. The largest absolute Gasteiger partial charge is 0.491 e. The van der Waals surface area contributed by atoms with Crippen LogP contribution in [0.4, 0.5) is 5.69 Å². The number of pyridine rings is 1. The molecule has 2 saturated heterocycles. The Hall–Kier alpha value is -6.56. The Kier molecular flexibility index (Phi) is 26.6. The lowest BCUT2D eigenvalue weighted by atomic mass is 9.85. The lowest BCUT2D eigenvalue weighted by Gasteiger charge is -2.37. The smallest absolute Gasteiger partial charge is 0.253 e. The van der Waals surface area contributed by atoms with E-state index in [-0.39, 0.29) is 49.6 Å². The molecule has 7 rings (SSSR count). The second-order valence-corrected chi connectivity index (χ2v) is 23.5. The van der Waals surface area contributed by atoms with E-state index in [1.54, 1.807) is 16.2 Å². The van der Waals surface area contributed by atoms with Gasteiger partial charge in [-0.2, -0.15) is 0 Å². The SMILES string of the molecule is CCN(c1cc(-c2ccc(OCCOCCOCCOCCOCCOCCOCC(=O)NC(C(=O)N3CCC[C@H]3C(=O)NCc3ccc(-c4scnc4C)cc3)C(C)(C)C)cc2)cc(C(=O)NCc2c(C)cc(C)[nH]c2=O)c1C)C1CCOCC1. The lowest BCUT2D eigenvalue weighted by Crippen LogP contribution is -2.58. The molecule has 2 aliphatic rings. The summed E-state index contributed by atoms with van der Waals surface area (Å²) in [7, 11) is 0. The molecule has 0 bridgehead atoms. The third kappa shape index (κ3) is 20.0. The Balaban J connectivity index is 0.701. The van der Waals surface area contributed by atoms with Gasteiger partial charge in [-0.15, -0.1) is 11.3 Å². The molecule has 20 nitrogen and oxygen atoms in total. The zero-order valence-electron chi connectivity index (χ0n) is 51.5. The molecule has 2 aromatic heterocycles. The Morgan fingerprint density at radius 2 is 1.35 bits per heavy atom. The van der Waals surface area contributed by atoms with Crippen molar-refractivity contribution in [3.63, 3.8) is 0 Å². The van der Waals surface area contributed by atoms with Crippen LogP contribution in [0.25, 0.3) is 21.6 Å². The van der Waals surface area contributed by atoms with Gasteiger partial charge in [0.2, 0.25) is 17.7 Å². The second-order valence-electron chi connectivity index (χ2n) is 22.6. The van der Waals surface area contributed by atoms with E-state index in [0.29, 0.717) is 128 Å². The molecule has 0 saturated carbocycles. The quantitative estimate of drug-likeness (QED) is 0.0290. The number of anilines is 1. The van der Waals surface area contributed by atoms with Gasteiger partial charge in [0, 0.05) is 67.9 Å². The Bertz CT molecular complexity index is 3010. The molecule has 0 radical (unpaired) electrons. The maximum atomic E-state index is 13.9. The fourth-order valence-corrected chi connectivity index (χ4v) is 11.4. The van der Waals surface area contributed by atoms with E-state index in [9.17, 15) is 24.0 Å². The molecule has 2 fully saturated rings. The highest BCUT2D eigenvalue weighted by atomic mass is 32.1. The van der Waals surface area contributed by atoms with Crippen LogP contribution in [0, 0.1) is 33.1 Å². The van der Waals surface area contributed by atoms with Crippen molar-refractivity contribution >= 4 is 40.7 Å². The summed E-state index contributed by atoms with van der Waals surface area (Å²) in [4.78, 5) is 79.3. The van der Waals surface area contributed by atoms with E-state index in [0.717, 1.165) is 74.7 Å². The van der Waals surface area contributed by atoms with E-state index in [2.05, 4.69) is 43.8 Å². The first kappa shape index (κ1) is 67.0. The van der Waals surface area contributed by atoms with Gasteiger partial charge in [0.05, 0.1) is 88.8 Å². The summed E-state index contributed by atoms with van der Waals surface area (Å²) in [5.41, 5.74) is 10.5. The molecular formula is C65H89N7O13S. The third-order valence-corrected chi connectivity index (χ3v) is 16.3. The first-order chi connectivity index (χ1) is 41.5. The monoisotopic (exact) mass is 1210 g/mol. The number of aromatic nitrogens is 2. The van der Waals surface area contributed by atoms with Crippen LogP contribution in [0.2, 0.25) is 0 Å². The summed E-state index contributed by atoms with van der Waals surface area (Å²) >= 11 is 1.59. The molecule has 3 aromatic carbocycles. The van der Waals surface area contributed by atoms with Crippen molar-refractivity contribution in [2.75, 3.05) is 117 Å². The van der Waals surface area contributed by atoms with E-state index in [1.807, 2.05) is 115 Å². The first-order valence-corrected chi connectivity index (χ1v) is 30.9. The van der Waals surface area contributed by atoms with Crippen molar-refractivity contribution in [3.05, 3.63) is 122 Å².